The number of sulfone groups is 1. The third-order valence-electron chi connectivity index (χ3n) is 2.35. The molecule has 0 aromatic carbocycles. The predicted molar refractivity (Wildman–Crippen MR) is 57.6 cm³/mol. The molecule has 2 N–H and O–H groups in total. The van der Waals surface area contributed by atoms with Gasteiger partial charge in [0.25, 0.3) is 0 Å². The van der Waals surface area contributed by atoms with Gasteiger partial charge in [0, 0.05) is 13.2 Å². The Morgan fingerprint density at radius 2 is 2.33 bits per heavy atom. The van der Waals surface area contributed by atoms with Gasteiger partial charge < -0.3 is 15.2 Å². The lowest BCUT2D eigenvalue weighted by atomic mass is 10.3. The minimum atomic E-state index is -3.20. The van der Waals surface area contributed by atoms with Gasteiger partial charge >= 0.3 is 0 Å². The van der Waals surface area contributed by atoms with Crippen LogP contribution < -0.4 is 5.32 Å². The van der Waals surface area contributed by atoms with E-state index in [0.717, 1.165) is 12.8 Å². The van der Waals surface area contributed by atoms with Crippen LogP contribution in [0.25, 0.3) is 0 Å². The fourth-order valence-corrected chi connectivity index (χ4v) is 3.38. The molecular weight excluding hydrogens is 218 g/mol. The van der Waals surface area contributed by atoms with Gasteiger partial charge in [0.15, 0.2) is 9.84 Å². The summed E-state index contributed by atoms with van der Waals surface area (Å²) in [6.45, 7) is 0.948. The predicted octanol–water partition coefficient (Wildman–Crippen LogP) is -0.839. The van der Waals surface area contributed by atoms with Crippen LogP contribution >= 0.6 is 0 Å². The molecule has 0 aliphatic carbocycles. The molecular formula is C9H19NO4S. The molecule has 5 nitrogen and oxygen atoms in total. The molecule has 0 radical (unpaired) electrons. The fourth-order valence-electron chi connectivity index (χ4n) is 1.71. The number of aliphatic hydroxyl groups excluding tert-OH is 1. The topological polar surface area (TPSA) is 75.6 Å². The summed E-state index contributed by atoms with van der Waals surface area (Å²) < 4.78 is 28.5. The van der Waals surface area contributed by atoms with Gasteiger partial charge in [0.1, 0.15) is 0 Å². The van der Waals surface area contributed by atoms with Gasteiger partial charge in [-0.2, -0.15) is 0 Å². The summed E-state index contributed by atoms with van der Waals surface area (Å²) in [5, 5.41) is 12.1. The molecule has 0 bridgehead atoms. The number of nitrogens with one attached hydrogen (secondary N) is 1. The van der Waals surface area contributed by atoms with E-state index < -0.39 is 15.9 Å². The van der Waals surface area contributed by atoms with Crippen molar-refractivity contribution in [2.75, 3.05) is 31.7 Å². The van der Waals surface area contributed by atoms with Crippen LogP contribution in [0.15, 0.2) is 0 Å². The highest BCUT2D eigenvalue weighted by atomic mass is 32.2. The van der Waals surface area contributed by atoms with E-state index in [1.54, 1.807) is 7.05 Å². The molecule has 1 saturated heterocycles. The maximum atomic E-state index is 11.6. The lowest BCUT2D eigenvalue weighted by molar-refractivity contribution is 0.127. The standard InChI is InChI=1S/C9H19NO4S/c1-10-5-8(11)6-15(12,13)7-9-3-2-4-14-9/h8-11H,2-7H2,1H3. The maximum Gasteiger partial charge on any atom is 0.155 e. The highest BCUT2D eigenvalue weighted by Gasteiger charge is 2.25. The van der Waals surface area contributed by atoms with Crippen molar-refractivity contribution < 1.29 is 18.3 Å². The molecule has 2 atom stereocenters. The second-order valence-corrected chi connectivity index (χ2v) is 6.08. The Bertz CT molecular complexity index is 272. The van der Waals surface area contributed by atoms with Crippen LogP contribution in [0.2, 0.25) is 0 Å². The average Bonchev–Trinajstić information content (AvgIpc) is 2.54. The van der Waals surface area contributed by atoms with Crippen LogP contribution in [0.1, 0.15) is 12.8 Å². The molecule has 90 valence electrons. The molecule has 0 saturated carbocycles. The Kier molecular flexibility index (Phi) is 4.98. The van der Waals surface area contributed by atoms with Gasteiger partial charge in [-0.25, -0.2) is 8.42 Å². The summed E-state index contributed by atoms with van der Waals surface area (Å²) in [5.41, 5.74) is 0. The monoisotopic (exact) mass is 237 g/mol. The van der Waals surface area contributed by atoms with Gasteiger partial charge in [0.2, 0.25) is 0 Å². The highest BCUT2D eigenvalue weighted by Crippen LogP contribution is 2.14. The minimum absolute atomic E-state index is 0.0355. The van der Waals surface area contributed by atoms with Gasteiger partial charge in [-0.1, -0.05) is 0 Å². The zero-order valence-corrected chi connectivity index (χ0v) is 9.79. The highest BCUT2D eigenvalue weighted by molar-refractivity contribution is 7.91. The van der Waals surface area contributed by atoms with E-state index in [4.69, 9.17) is 4.74 Å². The first-order valence-electron chi connectivity index (χ1n) is 5.18. The lowest BCUT2D eigenvalue weighted by Gasteiger charge is -2.13. The van der Waals surface area contributed by atoms with Crippen molar-refractivity contribution in [3.8, 4) is 0 Å². The number of ether oxygens (including phenoxy) is 1. The Morgan fingerprint density at radius 3 is 2.87 bits per heavy atom. The minimum Gasteiger partial charge on any atom is -0.391 e. The van der Waals surface area contributed by atoms with Crippen LogP contribution in [-0.2, 0) is 14.6 Å². The van der Waals surface area contributed by atoms with Crippen LogP contribution in [0.3, 0.4) is 0 Å². The summed E-state index contributed by atoms with van der Waals surface area (Å²) in [4.78, 5) is 0. The second kappa shape index (κ2) is 5.79. The molecule has 2 unspecified atom stereocenters. The van der Waals surface area contributed by atoms with Crippen LogP contribution in [0.5, 0.6) is 0 Å². The van der Waals surface area contributed by atoms with Gasteiger partial charge in [0.05, 0.1) is 23.7 Å². The van der Waals surface area contributed by atoms with Gasteiger partial charge in [-0.05, 0) is 19.9 Å². The molecule has 0 aromatic rings. The van der Waals surface area contributed by atoms with E-state index in [2.05, 4.69) is 5.32 Å². The molecule has 6 heteroatoms. The first-order valence-corrected chi connectivity index (χ1v) is 7.00. The van der Waals surface area contributed by atoms with Crippen molar-refractivity contribution in [3.05, 3.63) is 0 Å². The first-order chi connectivity index (χ1) is 7.03. The van der Waals surface area contributed by atoms with Crippen molar-refractivity contribution in [2.45, 2.75) is 25.0 Å². The first kappa shape index (κ1) is 12.9. The summed E-state index contributed by atoms with van der Waals surface area (Å²) in [5.74, 6) is -0.151. The number of aliphatic hydroxyl groups is 1. The normalized spacial score (nSPS) is 24.3. The van der Waals surface area contributed by atoms with Crippen molar-refractivity contribution in [2.24, 2.45) is 0 Å². The number of hydrogen-bond acceptors (Lipinski definition) is 5. The molecule has 1 aliphatic heterocycles. The zero-order valence-electron chi connectivity index (χ0n) is 8.98. The Balaban J connectivity index is 2.37. The molecule has 1 heterocycles. The largest absolute Gasteiger partial charge is 0.391 e. The number of likely N-dealkylation sites (N-methyl/N-ethyl adjacent to an activating group) is 1. The summed E-state index contributed by atoms with van der Waals surface area (Å²) in [6.07, 6.45) is 0.735. The van der Waals surface area contributed by atoms with Crippen LogP contribution in [-0.4, -0.2) is 57.4 Å². The number of hydrogen-bond donors (Lipinski definition) is 2. The van der Waals surface area contributed by atoms with E-state index in [1.165, 1.54) is 0 Å². The van der Waals surface area contributed by atoms with Gasteiger partial charge in [-0.3, -0.25) is 0 Å². The summed E-state index contributed by atoms with van der Waals surface area (Å²) >= 11 is 0. The Hall–Kier alpha value is -0.170. The van der Waals surface area contributed by atoms with E-state index in [9.17, 15) is 13.5 Å². The molecule has 1 rings (SSSR count). The smallest absolute Gasteiger partial charge is 0.155 e. The van der Waals surface area contributed by atoms with E-state index in [-0.39, 0.29) is 17.6 Å². The molecule has 1 fully saturated rings. The molecule has 0 aromatic heterocycles. The quantitative estimate of drug-likeness (QED) is 0.630. The number of rotatable bonds is 6. The van der Waals surface area contributed by atoms with E-state index in [0.29, 0.717) is 13.2 Å². The lowest BCUT2D eigenvalue weighted by Crippen LogP contribution is -2.33. The van der Waals surface area contributed by atoms with Crippen molar-refractivity contribution in [1.29, 1.82) is 0 Å². The summed E-state index contributed by atoms with van der Waals surface area (Å²) in [7, 11) is -1.52. The van der Waals surface area contributed by atoms with Crippen molar-refractivity contribution >= 4 is 9.84 Å². The second-order valence-electron chi connectivity index (χ2n) is 3.92. The van der Waals surface area contributed by atoms with Crippen molar-refractivity contribution in [3.63, 3.8) is 0 Å². The SMILES string of the molecule is CNCC(O)CS(=O)(=O)CC1CCCO1. The molecule has 15 heavy (non-hydrogen) atoms. The third-order valence-corrected chi connectivity index (χ3v) is 4.12. The Labute approximate surface area is 90.7 Å². The molecule has 0 spiro atoms. The fraction of sp³-hybridized carbons (Fsp3) is 1.00. The average molecular weight is 237 g/mol. The molecule has 1 aliphatic rings. The summed E-state index contributed by atoms with van der Waals surface area (Å²) in [6, 6.07) is 0. The van der Waals surface area contributed by atoms with Crippen LogP contribution in [0, 0.1) is 0 Å². The maximum absolute atomic E-state index is 11.6. The van der Waals surface area contributed by atoms with Crippen molar-refractivity contribution in [1.82, 2.24) is 5.32 Å². The van der Waals surface area contributed by atoms with Gasteiger partial charge in [-0.15, -0.1) is 0 Å². The third kappa shape index (κ3) is 4.92. The van der Waals surface area contributed by atoms with E-state index >= 15 is 0 Å². The van der Waals surface area contributed by atoms with E-state index in [1.807, 2.05) is 0 Å². The zero-order chi connectivity index (χ0) is 11.3. The molecule has 0 amide bonds. The Morgan fingerprint density at radius 1 is 1.60 bits per heavy atom. The van der Waals surface area contributed by atoms with Crippen LogP contribution in [0.4, 0.5) is 0 Å².